The van der Waals surface area contributed by atoms with Crippen molar-refractivity contribution in [3.8, 4) is 5.75 Å². The van der Waals surface area contributed by atoms with E-state index in [0.29, 0.717) is 0 Å². The van der Waals surface area contributed by atoms with Crippen LogP contribution in [-0.2, 0) is 6.42 Å². The van der Waals surface area contributed by atoms with Crippen molar-refractivity contribution >= 4 is 23.6 Å². The van der Waals surface area contributed by atoms with E-state index in [1.807, 2.05) is 36.5 Å². The first-order valence-corrected chi connectivity index (χ1v) is 8.07. The van der Waals surface area contributed by atoms with Gasteiger partial charge in [0.05, 0.1) is 19.1 Å². The molecular formula is C19H23ClN2O. The Hall–Kier alpha value is -2.00. The fraction of sp³-hybridized carbons (Fsp3) is 0.316. The van der Waals surface area contributed by atoms with Crippen LogP contribution in [0.25, 0.3) is 0 Å². The van der Waals surface area contributed by atoms with Gasteiger partial charge >= 0.3 is 0 Å². The topological polar surface area (TPSA) is 24.8 Å². The molecular weight excluding hydrogens is 308 g/mol. The van der Waals surface area contributed by atoms with Crippen molar-refractivity contribution in [3.05, 3.63) is 58.1 Å². The minimum atomic E-state index is 0.754. The maximum absolute atomic E-state index is 5.96. The summed E-state index contributed by atoms with van der Waals surface area (Å²) in [7, 11) is 3.69. The van der Waals surface area contributed by atoms with Gasteiger partial charge in [0.15, 0.2) is 0 Å². The molecule has 0 amide bonds. The van der Waals surface area contributed by atoms with Crippen LogP contribution in [0.5, 0.6) is 5.75 Å². The van der Waals surface area contributed by atoms with Gasteiger partial charge < -0.3 is 9.64 Å². The van der Waals surface area contributed by atoms with Gasteiger partial charge in [-0.3, -0.25) is 0 Å². The number of hydrogen-bond acceptors (Lipinski definition) is 2. The van der Waals surface area contributed by atoms with E-state index in [0.717, 1.165) is 29.4 Å². The normalized spacial score (nSPS) is 11.0. The molecule has 0 aliphatic carbocycles. The number of nitrogens with zero attached hydrogens (tertiary/aromatic N) is 2. The molecule has 0 spiro atoms. The van der Waals surface area contributed by atoms with Gasteiger partial charge in [-0.1, -0.05) is 23.7 Å². The van der Waals surface area contributed by atoms with Crippen molar-refractivity contribution in [2.45, 2.75) is 20.3 Å². The van der Waals surface area contributed by atoms with Crippen LogP contribution >= 0.6 is 11.6 Å². The summed E-state index contributed by atoms with van der Waals surface area (Å²) in [5.74, 6) is 0.825. The maximum atomic E-state index is 5.96. The Labute approximate surface area is 143 Å². The zero-order valence-electron chi connectivity index (χ0n) is 14.1. The number of hydrogen-bond donors (Lipinski definition) is 0. The Bertz CT molecular complexity index is 681. The predicted molar refractivity (Wildman–Crippen MR) is 98.4 cm³/mol. The first kappa shape index (κ1) is 17.4. The van der Waals surface area contributed by atoms with E-state index in [9.17, 15) is 0 Å². The molecule has 0 aromatic heterocycles. The number of aliphatic imine (C=N–C) groups is 1. The largest absolute Gasteiger partial charge is 0.497 e. The molecule has 0 radical (unpaired) electrons. The Morgan fingerprint density at radius 3 is 2.52 bits per heavy atom. The molecule has 2 aromatic rings. The summed E-state index contributed by atoms with van der Waals surface area (Å²) >= 11 is 5.96. The van der Waals surface area contributed by atoms with Gasteiger partial charge in [0.1, 0.15) is 5.75 Å². The number of benzene rings is 2. The zero-order chi connectivity index (χ0) is 16.8. The van der Waals surface area contributed by atoms with E-state index in [4.69, 9.17) is 16.3 Å². The second-order valence-corrected chi connectivity index (χ2v) is 5.99. The van der Waals surface area contributed by atoms with Crippen molar-refractivity contribution in [3.63, 3.8) is 0 Å². The molecule has 0 N–H and O–H groups in total. The van der Waals surface area contributed by atoms with E-state index < -0.39 is 0 Å². The average Bonchev–Trinajstić information content (AvgIpc) is 2.57. The van der Waals surface area contributed by atoms with E-state index in [1.165, 1.54) is 16.7 Å². The van der Waals surface area contributed by atoms with E-state index in [2.05, 4.69) is 37.0 Å². The summed E-state index contributed by atoms with van der Waals surface area (Å²) in [6.07, 6.45) is 2.68. The molecule has 0 aliphatic rings. The summed E-state index contributed by atoms with van der Waals surface area (Å²) in [5, 5.41) is 0.754. The molecule has 2 aromatic carbocycles. The van der Waals surface area contributed by atoms with E-state index in [-0.39, 0.29) is 0 Å². The zero-order valence-corrected chi connectivity index (χ0v) is 14.9. The Morgan fingerprint density at radius 2 is 1.91 bits per heavy atom. The second-order valence-electron chi connectivity index (χ2n) is 5.55. The number of rotatable bonds is 6. The lowest BCUT2D eigenvalue weighted by molar-refractivity contribution is 0.414. The van der Waals surface area contributed by atoms with Crippen molar-refractivity contribution in [2.24, 2.45) is 4.99 Å². The van der Waals surface area contributed by atoms with Gasteiger partial charge in [0.25, 0.3) is 0 Å². The standard InChI is InChI=1S/C19H23ClN2O/c1-5-22(3)13-21-19-12-18(23-4)11-16(14(19)2)10-15-6-8-17(20)9-7-15/h6-9,11-13H,5,10H2,1-4H3/b21-13-. The van der Waals surface area contributed by atoms with Gasteiger partial charge in [0, 0.05) is 24.7 Å². The third kappa shape index (κ3) is 4.73. The van der Waals surface area contributed by atoms with E-state index >= 15 is 0 Å². The average molecular weight is 331 g/mol. The van der Waals surface area contributed by atoms with Crippen molar-refractivity contribution < 1.29 is 4.74 Å². The minimum Gasteiger partial charge on any atom is -0.497 e. The smallest absolute Gasteiger partial charge is 0.121 e. The summed E-state index contributed by atoms with van der Waals surface area (Å²) in [5.41, 5.74) is 4.53. The highest BCUT2D eigenvalue weighted by molar-refractivity contribution is 6.30. The van der Waals surface area contributed by atoms with Crippen LogP contribution in [-0.4, -0.2) is 31.9 Å². The molecule has 0 bridgehead atoms. The van der Waals surface area contributed by atoms with Crippen LogP contribution in [0.3, 0.4) is 0 Å². The molecule has 2 rings (SSSR count). The summed E-state index contributed by atoms with van der Waals surface area (Å²) in [4.78, 5) is 6.64. The van der Waals surface area contributed by atoms with Crippen LogP contribution in [0.4, 0.5) is 5.69 Å². The summed E-state index contributed by atoms with van der Waals surface area (Å²) in [6.45, 7) is 5.11. The Morgan fingerprint density at radius 1 is 1.22 bits per heavy atom. The van der Waals surface area contributed by atoms with Gasteiger partial charge in [-0.05, 0) is 55.2 Å². The van der Waals surface area contributed by atoms with Gasteiger partial charge in [-0.25, -0.2) is 4.99 Å². The molecule has 23 heavy (non-hydrogen) atoms. The highest BCUT2D eigenvalue weighted by atomic mass is 35.5. The quantitative estimate of drug-likeness (QED) is 0.558. The third-order valence-electron chi connectivity index (χ3n) is 3.90. The summed E-state index contributed by atoms with van der Waals surface area (Å²) < 4.78 is 5.43. The maximum Gasteiger partial charge on any atom is 0.121 e. The molecule has 3 nitrogen and oxygen atoms in total. The van der Waals surface area contributed by atoms with Gasteiger partial charge in [-0.15, -0.1) is 0 Å². The summed E-state index contributed by atoms with van der Waals surface area (Å²) in [6, 6.07) is 12.0. The molecule has 4 heteroatoms. The van der Waals surface area contributed by atoms with Crippen molar-refractivity contribution in [1.82, 2.24) is 4.90 Å². The number of methoxy groups -OCH3 is 1. The van der Waals surface area contributed by atoms with Gasteiger partial charge in [-0.2, -0.15) is 0 Å². The first-order chi connectivity index (χ1) is 11.0. The molecule has 0 atom stereocenters. The lowest BCUT2D eigenvalue weighted by Gasteiger charge is -2.13. The van der Waals surface area contributed by atoms with Crippen LogP contribution < -0.4 is 4.74 Å². The van der Waals surface area contributed by atoms with Crippen LogP contribution in [0, 0.1) is 6.92 Å². The highest BCUT2D eigenvalue weighted by Gasteiger charge is 2.08. The van der Waals surface area contributed by atoms with E-state index in [1.54, 1.807) is 7.11 Å². The van der Waals surface area contributed by atoms with Crippen LogP contribution in [0.1, 0.15) is 23.6 Å². The van der Waals surface area contributed by atoms with Gasteiger partial charge in [0.2, 0.25) is 0 Å². The molecule has 0 heterocycles. The van der Waals surface area contributed by atoms with Crippen LogP contribution in [0.15, 0.2) is 41.4 Å². The minimum absolute atomic E-state index is 0.754. The molecule has 0 saturated carbocycles. The third-order valence-corrected chi connectivity index (χ3v) is 4.15. The predicted octanol–water partition coefficient (Wildman–Crippen LogP) is 4.86. The Balaban J connectivity index is 2.34. The SMILES string of the molecule is CCN(C)/C=N\c1cc(OC)cc(Cc2ccc(Cl)cc2)c1C. The molecule has 122 valence electrons. The van der Waals surface area contributed by atoms with Crippen molar-refractivity contribution in [1.29, 1.82) is 0 Å². The fourth-order valence-corrected chi connectivity index (χ4v) is 2.36. The molecule has 0 fully saturated rings. The highest BCUT2D eigenvalue weighted by Crippen LogP contribution is 2.30. The van der Waals surface area contributed by atoms with Crippen molar-refractivity contribution in [2.75, 3.05) is 20.7 Å². The second kappa shape index (κ2) is 8.02. The number of halogens is 1. The fourth-order valence-electron chi connectivity index (χ4n) is 2.23. The van der Waals surface area contributed by atoms with Crippen LogP contribution in [0.2, 0.25) is 5.02 Å². The lowest BCUT2D eigenvalue weighted by atomic mass is 9.99. The monoisotopic (exact) mass is 330 g/mol. The number of ether oxygens (including phenoxy) is 1. The molecule has 0 unspecified atom stereocenters. The Kier molecular flexibility index (Phi) is 6.05. The lowest BCUT2D eigenvalue weighted by Crippen LogP contribution is -2.14. The first-order valence-electron chi connectivity index (χ1n) is 7.70. The molecule has 0 saturated heterocycles. The molecule has 0 aliphatic heterocycles.